The van der Waals surface area contributed by atoms with Crippen LogP contribution in [0.3, 0.4) is 0 Å². The fraction of sp³-hybridized carbons (Fsp3) is 0.706. The van der Waals surface area contributed by atoms with Gasteiger partial charge in [0.1, 0.15) is 19.3 Å². The summed E-state index contributed by atoms with van der Waals surface area (Å²) in [5.74, 6) is -1.02. The van der Waals surface area contributed by atoms with Crippen molar-refractivity contribution in [2.24, 2.45) is 5.92 Å². The number of carbonyl (C=O) groups excluding carboxylic acids is 3. The summed E-state index contributed by atoms with van der Waals surface area (Å²) in [5, 5.41) is 0. The number of esters is 3. The second-order valence-corrected chi connectivity index (χ2v) is 5.93. The highest BCUT2D eigenvalue weighted by molar-refractivity contribution is 5.86. The molecule has 1 aliphatic carbocycles. The Balaban J connectivity index is 2.11. The normalized spacial score (nSPS) is 20.4. The molecule has 0 aliphatic heterocycles. The van der Waals surface area contributed by atoms with Gasteiger partial charge in [0.2, 0.25) is 0 Å². The molecule has 0 heterocycles. The number of rotatable bonds is 8. The molecular weight excluding hydrogens is 300 g/mol. The van der Waals surface area contributed by atoms with Crippen molar-refractivity contribution >= 4 is 17.9 Å². The third-order valence-electron chi connectivity index (χ3n) is 3.78. The predicted molar refractivity (Wildman–Crippen MR) is 83.5 cm³/mol. The number of hydrogen-bond donors (Lipinski definition) is 0. The Hall–Kier alpha value is -1.85. The van der Waals surface area contributed by atoms with Crippen LogP contribution in [0.5, 0.6) is 0 Å². The molecule has 1 saturated carbocycles. The molecule has 0 aromatic rings. The van der Waals surface area contributed by atoms with E-state index in [0.29, 0.717) is 5.92 Å². The van der Waals surface area contributed by atoms with Gasteiger partial charge < -0.3 is 14.2 Å². The van der Waals surface area contributed by atoms with Gasteiger partial charge in [-0.05, 0) is 32.1 Å². The third-order valence-corrected chi connectivity index (χ3v) is 3.78. The minimum atomic E-state index is -0.522. The van der Waals surface area contributed by atoms with Crippen molar-refractivity contribution in [3.63, 3.8) is 0 Å². The van der Waals surface area contributed by atoms with Crippen molar-refractivity contribution in [2.75, 3.05) is 13.2 Å². The van der Waals surface area contributed by atoms with Gasteiger partial charge in [-0.3, -0.25) is 9.59 Å². The highest BCUT2D eigenvalue weighted by atomic mass is 16.6. The molecule has 23 heavy (non-hydrogen) atoms. The van der Waals surface area contributed by atoms with Crippen LogP contribution in [0, 0.1) is 5.92 Å². The van der Waals surface area contributed by atoms with Gasteiger partial charge in [-0.25, -0.2) is 4.79 Å². The molecule has 0 spiro atoms. The zero-order valence-electron chi connectivity index (χ0n) is 14.0. The van der Waals surface area contributed by atoms with Crippen LogP contribution in [0.1, 0.15) is 52.4 Å². The van der Waals surface area contributed by atoms with Gasteiger partial charge in [0, 0.05) is 5.57 Å². The predicted octanol–water partition coefficient (Wildman–Crippen LogP) is 2.55. The maximum Gasteiger partial charge on any atom is 0.333 e. The summed E-state index contributed by atoms with van der Waals surface area (Å²) >= 11 is 0. The van der Waals surface area contributed by atoms with Gasteiger partial charge >= 0.3 is 17.9 Å². The summed E-state index contributed by atoms with van der Waals surface area (Å²) in [6.45, 7) is 6.99. The van der Waals surface area contributed by atoms with Gasteiger partial charge in [-0.2, -0.15) is 0 Å². The van der Waals surface area contributed by atoms with E-state index in [1.807, 2.05) is 0 Å². The Labute approximate surface area is 137 Å². The van der Waals surface area contributed by atoms with E-state index in [1.54, 1.807) is 0 Å². The van der Waals surface area contributed by atoms with E-state index in [9.17, 15) is 14.4 Å². The zero-order chi connectivity index (χ0) is 17.2. The number of hydrogen-bond acceptors (Lipinski definition) is 6. The molecule has 1 fully saturated rings. The Morgan fingerprint density at radius 3 is 2.26 bits per heavy atom. The van der Waals surface area contributed by atoms with E-state index in [0.717, 1.165) is 19.3 Å². The molecule has 2 atom stereocenters. The summed E-state index contributed by atoms with van der Waals surface area (Å²) in [6.07, 6.45) is 4.16. The van der Waals surface area contributed by atoms with E-state index >= 15 is 0 Å². The van der Waals surface area contributed by atoms with Crippen molar-refractivity contribution < 1.29 is 28.6 Å². The summed E-state index contributed by atoms with van der Waals surface area (Å²) in [7, 11) is 0. The number of carbonyl (C=O) groups is 3. The summed E-state index contributed by atoms with van der Waals surface area (Å²) in [4.78, 5) is 34.3. The highest BCUT2D eigenvalue weighted by Crippen LogP contribution is 2.26. The van der Waals surface area contributed by atoms with Crippen molar-refractivity contribution in [3.8, 4) is 0 Å². The molecule has 0 N–H and O–H groups in total. The third kappa shape index (κ3) is 7.81. The van der Waals surface area contributed by atoms with Crippen LogP contribution < -0.4 is 0 Å². The van der Waals surface area contributed by atoms with Crippen LogP contribution in [0.2, 0.25) is 0 Å². The van der Waals surface area contributed by atoms with Gasteiger partial charge in [0.05, 0.1) is 12.8 Å². The summed E-state index contributed by atoms with van der Waals surface area (Å²) in [5.41, 5.74) is 0.288. The van der Waals surface area contributed by atoms with E-state index < -0.39 is 11.9 Å². The lowest BCUT2D eigenvalue weighted by atomic mass is 9.88. The lowest BCUT2D eigenvalue weighted by molar-refractivity contribution is -0.157. The van der Waals surface area contributed by atoms with Crippen molar-refractivity contribution in [2.45, 2.75) is 58.5 Å². The Morgan fingerprint density at radius 2 is 1.61 bits per heavy atom. The fourth-order valence-electron chi connectivity index (χ4n) is 2.37. The first-order valence-electron chi connectivity index (χ1n) is 8.08. The molecule has 0 aromatic heterocycles. The second kappa shape index (κ2) is 10.0. The van der Waals surface area contributed by atoms with Crippen molar-refractivity contribution in [3.05, 3.63) is 12.2 Å². The Bertz CT molecular complexity index is 442. The summed E-state index contributed by atoms with van der Waals surface area (Å²) in [6, 6.07) is 0. The van der Waals surface area contributed by atoms with Crippen LogP contribution in [0.25, 0.3) is 0 Å². The SMILES string of the molecule is C=C(C)C(=O)OCCOC(=O)CCC(=O)OC1CCCCC1C. The van der Waals surface area contributed by atoms with E-state index in [4.69, 9.17) is 14.2 Å². The van der Waals surface area contributed by atoms with Crippen LogP contribution in [0.4, 0.5) is 0 Å². The Morgan fingerprint density at radius 1 is 1.00 bits per heavy atom. The van der Waals surface area contributed by atoms with Gasteiger partial charge in [0.25, 0.3) is 0 Å². The van der Waals surface area contributed by atoms with Crippen LogP contribution in [-0.4, -0.2) is 37.2 Å². The minimum Gasteiger partial charge on any atom is -0.462 e. The fourth-order valence-corrected chi connectivity index (χ4v) is 2.37. The average molecular weight is 326 g/mol. The van der Waals surface area contributed by atoms with Crippen molar-refractivity contribution in [1.29, 1.82) is 0 Å². The topological polar surface area (TPSA) is 78.9 Å². The second-order valence-electron chi connectivity index (χ2n) is 5.93. The van der Waals surface area contributed by atoms with E-state index in [-0.39, 0.29) is 43.7 Å². The molecule has 130 valence electrons. The van der Waals surface area contributed by atoms with E-state index in [1.165, 1.54) is 13.3 Å². The first-order chi connectivity index (χ1) is 10.9. The molecule has 0 amide bonds. The first kappa shape index (κ1) is 19.2. The molecule has 0 aromatic carbocycles. The minimum absolute atomic E-state index is 0.00755. The zero-order valence-corrected chi connectivity index (χ0v) is 14.0. The monoisotopic (exact) mass is 326 g/mol. The largest absolute Gasteiger partial charge is 0.462 e. The molecular formula is C17H26O6. The maximum absolute atomic E-state index is 11.7. The quantitative estimate of drug-likeness (QED) is 0.295. The molecule has 6 nitrogen and oxygen atoms in total. The highest BCUT2D eigenvalue weighted by Gasteiger charge is 2.24. The Kier molecular flexibility index (Phi) is 8.37. The summed E-state index contributed by atoms with van der Waals surface area (Å²) < 4.78 is 15.1. The molecule has 6 heteroatoms. The first-order valence-corrected chi connectivity index (χ1v) is 8.08. The van der Waals surface area contributed by atoms with Crippen LogP contribution in [0.15, 0.2) is 12.2 Å². The lowest BCUT2D eigenvalue weighted by Gasteiger charge is -2.28. The standard InChI is InChI=1S/C17H26O6/c1-12(2)17(20)22-11-10-21-15(18)8-9-16(19)23-14-7-5-4-6-13(14)3/h13-14H,1,4-11H2,2-3H3. The van der Waals surface area contributed by atoms with E-state index in [2.05, 4.69) is 13.5 Å². The molecule has 0 radical (unpaired) electrons. The van der Waals surface area contributed by atoms with Gasteiger partial charge in [-0.15, -0.1) is 0 Å². The van der Waals surface area contributed by atoms with Crippen molar-refractivity contribution in [1.82, 2.24) is 0 Å². The molecule has 1 rings (SSSR count). The average Bonchev–Trinajstić information content (AvgIpc) is 2.51. The van der Waals surface area contributed by atoms with Gasteiger partial charge in [-0.1, -0.05) is 19.9 Å². The van der Waals surface area contributed by atoms with Crippen LogP contribution >= 0.6 is 0 Å². The van der Waals surface area contributed by atoms with Gasteiger partial charge in [0.15, 0.2) is 0 Å². The molecule has 1 aliphatic rings. The number of ether oxygens (including phenoxy) is 3. The maximum atomic E-state index is 11.7. The smallest absolute Gasteiger partial charge is 0.333 e. The molecule has 0 bridgehead atoms. The van der Waals surface area contributed by atoms with Crippen LogP contribution in [-0.2, 0) is 28.6 Å². The molecule has 2 unspecified atom stereocenters. The lowest BCUT2D eigenvalue weighted by Crippen LogP contribution is -2.28. The molecule has 0 saturated heterocycles.